The van der Waals surface area contributed by atoms with E-state index in [1.807, 2.05) is 55.5 Å². The van der Waals surface area contributed by atoms with Gasteiger partial charge in [-0.3, -0.25) is 9.59 Å². The number of carbonyl (C=O) groups excluding carboxylic acids is 1. The fourth-order valence-electron chi connectivity index (χ4n) is 3.65. The second-order valence-electron chi connectivity index (χ2n) is 7.25. The summed E-state index contributed by atoms with van der Waals surface area (Å²) >= 11 is 0. The smallest absolute Gasteiger partial charge is 0.295 e. The molecular weight excluding hydrogens is 408 g/mol. The number of fused-ring (bicyclic) bond motifs is 1. The maximum atomic E-state index is 12.9. The van der Waals surface area contributed by atoms with Gasteiger partial charge in [0.2, 0.25) is 0 Å². The van der Waals surface area contributed by atoms with Crippen molar-refractivity contribution in [3.8, 4) is 22.8 Å². The lowest BCUT2D eigenvalue weighted by atomic mass is 10.1. The molecule has 1 unspecified atom stereocenters. The van der Waals surface area contributed by atoms with E-state index in [0.29, 0.717) is 34.6 Å². The van der Waals surface area contributed by atoms with Crippen LogP contribution in [0.1, 0.15) is 20.1 Å². The number of hydrogen-bond donors (Lipinski definition) is 1. The van der Waals surface area contributed by atoms with Crippen LogP contribution in [0, 0.1) is 0 Å². The maximum absolute atomic E-state index is 12.9. The molecule has 1 atom stereocenters. The number of para-hydroxylation sites is 1. The summed E-state index contributed by atoms with van der Waals surface area (Å²) in [5.74, 6) is 1.30. The van der Waals surface area contributed by atoms with Crippen LogP contribution in [0.3, 0.4) is 0 Å². The molecule has 0 spiro atoms. The molecule has 0 amide bonds. The summed E-state index contributed by atoms with van der Waals surface area (Å²) < 4.78 is 14.2. The summed E-state index contributed by atoms with van der Waals surface area (Å²) in [6.07, 6.45) is 1.08. The average Bonchev–Trinajstić information content (AvgIpc) is 3.24. The van der Waals surface area contributed by atoms with Crippen molar-refractivity contribution in [1.29, 1.82) is 0 Å². The van der Waals surface area contributed by atoms with E-state index >= 15 is 0 Å². The molecule has 32 heavy (non-hydrogen) atoms. The molecule has 2 aromatic carbocycles. The lowest BCUT2D eigenvalue weighted by Crippen LogP contribution is -2.23. The van der Waals surface area contributed by atoms with Crippen LogP contribution in [0.15, 0.2) is 65.6 Å². The number of hydrogen-bond acceptors (Lipinski definition) is 6. The number of rotatable bonds is 8. The monoisotopic (exact) mass is 432 g/mol. The van der Waals surface area contributed by atoms with E-state index in [-0.39, 0.29) is 5.56 Å². The Morgan fingerprint density at radius 1 is 1.16 bits per heavy atom. The Labute approximate surface area is 185 Å². The van der Waals surface area contributed by atoms with Crippen LogP contribution in [0.4, 0.5) is 5.69 Å². The van der Waals surface area contributed by atoms with Crippen molar-refractivity contribution in [2.45, 2.75) is 20.1 Å². The molecule has 2 heterocycles. The normalized spacial score (nSPS) is 11.8. The summed E-state index contributed by atoms with van der Waals surface area (Å²) in [5, 5.41) is 8.51. The molecule has 0 saturated heterocycles. The molecule has 0 bridgehead atoms. The molecule has 2 aromatic heterocycles. The number of nitrogens with zero attached hydrogens (tertiary/aromatic N) is 3. The third kappa shape index (κ3) is 3.94. The molecule has 4 rings (SSSR count). The van der Waals surface area contributed by atoms with Crippen LogP contribution in [0.5, 0.6) is 11.5 Å². The van der Waals surface area contributed by atoms with Gasteiger partial charge in [0.25, 0.3) is 12.0 Å². The lowest BCUT2D eigenvalue weighted by Gasteiger charge is -2.16. The molecule has 0 fully saturated rings. The highest BCUT2D eigenvalue weighted by molar-refractivity contribution is 5.95. The number of nitrogens with one attached hydrogen (secondary N) is 1. The zero-order chi connectivity index (χ0) is 22.7. The highest BCUT2D eigenvalue weighted by Crippen LogP contribution is 2.37. The first-order valence-corrected chi connectivity index (χ1v) is 10.3. The van der Waals surface area contributed by atoms with Crippen LogP contribution >= 0.6 is 0 Å². The first-order chi connectivity index (χ1) is 15.5. The molecule has 8 nitrogen and oxygen atoms in total. The standard InChI is InChI=1S/C24H24N4O4/c1-4-25-17-10-11-21(32-18-8-6-5-7-9-18)20(14-17)22-19-12-13-28(16(2)31-15-29)23(19)24(30)27(3)26-22/h5-16,25H,4H2,1-3H3. The third-order valence-corrected chi connectivity index (χ3v) is 5.15. The summed E-state index contributed by atoms with van der Waals surface area (Å²) in [6.45, 7) is 4.84. The molecule has 164 valence electrons. The second kappa shape index (κ2) is 8.97. The van der Waals surface area contributed by atoms with Crippen molar-refractivity contribution in [2.75, 3.05) is 11.9 Å². The zero-order valence-electron chi connectivity index (χ0n) is 18.1. The first-order valence-electron chi connectivity index (χ1n) is 10.3. The number of aryl methyl sites for hydroxylation is 1. The fraction of sp³-hybridized carbons (Fsp3) is 0.208. The minimum absolute atomic E-state index is 0.288. The summed E-state index contributed by atoms with van der Waals surface area (Å²) in [7, 11) is 1.60. The van der Waals surface area contributed by atoms with E-state index in [4.69, 9.17) is 9.47 Å². The van der Waals surface area contributed by atoms with E-state index in [1.54, 1.807) is 30.8 Å². The van der Waals surface area contributed by atoms with E-state index in [9.17, 15) is 9.59 Å². The Balaban J connectivity index is 1.94. The highest BCUT2D eigenvalue weighted by Gasteiger charge is 2.20. The quantitative estimate of drug-likeness (QED) is 0.417. The number of ether oxygens (including phenoxy) is 2. The topological polar surface area (TPSA) is 87.4 Å². The lowest BCUT2D eigenvalue weighted by molar-refractivity contribution is -0.136. The molecule has 0 saturated carbocycles. The third-order valence-electron chi connectivity index (χ3n) is 5.15. The Bertz CT molecular complexity index is 1310. The zero-order valence-corrected chi connectivity index (χ0v) is 18.1. The van der Waals surface area contributed by atoms with Crippen LogP contribution in [0.25, 0.3) is 22.2 Å². The van der Waals surface area contributed by atoms with Crippen LogP contribution in [-0.2, 0) is 16.6 Å². The van der Waals surface area contributed by atoms with Gasteiger partial charge in [-0.2, -0.15) is 5.10 Å². The van der Waals surface area contributed by atoms with E-state index in [1.165, 1.54) is 4.68 Å². The van der Waals surface area contributed by atoms with E-state index in [2.05, 4.69) is 10.4 Å². The predicted molar refractivity (Wildman–Crippen MR) is 123 cm³/mol. The SMILES string of the molecule is CCNc1ccc(Oc2ccccc2)c(-c2nn(C)c(=O)c3c2ccn3C(C)OC=O)c1. The first kappa shape index (κ1) is 21.2. The van der Waals surface area contributed by atoms with Crippen molar-refractivity contribution in [2.24, 2.45) is 7.05 Å². The maximum Gasteiger partial charge on any atom is 0.295 e. The molecule has 0 aliphatic heterocycles. The van der Waals surface area contributed by atoms with Gasteiger partial charge in [-0.1, -0.05) is 18.2 Å². The van der Waals surface area contributed by atoms with Gasteiger partial charge in [0.1, 0.15) is 22.7 Å². The largest absolute Gasteiger partial charge is 0.457 e. The molecule has 0 aliphatic carbocycles. The molecule has 0 radical (unpaired) electrons. The van der Waals surface area contributed by atoms with Crippen molar-refractivity contribution in [3.63, 3.8) is 0 Å². The Hall–Kier alpha value is -4.07. The van der Waals surface area contributed by atoms with Crippen molar-refractivity contribution in [3.05, 3.63) is 71.1 Å². The van der Waals surface area contributed by atoms with Gasteiger partial charge in [-0.25, -0.2) is 4.68 Å². The van der Waals surface area contributed by atoms with Crippen LogP contribution in [0.2, 0.25) is 0 Å². The van der Waals surface area contributed by atoms with Gasteiger partial charge < -0.3 is 19.4 Å². The Morgan fingerprint density at radius 3 is 2.66 bits per heavy atom. The minimum atomic E-state index is -0.638. The number of aromatic nitrogens is 3. The molecule has 0 aliphatic rings. The highest BCUT2D eigenvalue weighted by atomic mass is 16.5. The summed E-state index contributed by atoms with van der Waals surface area (Å²) in [5.41, 5.74) is 2.33. The number of anilines is 1. The van der Waals surface area contributed by atoms with Gasteiger partial charge in [0.15, 0.2) is 6.23 Å². The van der Waals surface area contributed by atoms with Gasteiger partial charge in [-0.05, 0) is 50.2 Å². The Morgan fingerprint density at radius 2 is 1.94 bits per heavy atom. The predicted octanol–water partition coefficient (Wildman–Crippen LogP) is 4.32. The van der Waals surface area contributed by atoms with E-state index in [0.717, 1.165) is 17.8 Å². The minimum Gasteiger partial charge on any atom is -0.457 e. The fourth-order valence-corrected chi connectivity index (χ4v) is 3.65. The Kier molecular flexibility index (Phi) is 5.93. The number of carbonyl (C=O) groups is 1. The number of benzene rings is 2. The van der Waals surface area contributed by atoms with Gasteiger partial charge >= 0.3 is 0 Å². The molecular formula is C24H24N4O4. The second-order valence-corrected chi connectivity index (χ2v) is 7.25. The summed E-state index contributed by atoms with van der Waals surface area (Å²) in [4.78, 5) is 23.8. The average molecular weight is 432 g/mol. The van der Waals surface area contributed by atoms with Gasteiger partial charge in [0, 0.05) is 36.4 Å². The van der Waals surface area contributed by atoms with Crippen molar-refractivity contribution >= 4 is 23.1 Å². The molecule has 4 aromatic rings. The van der Waals surface area contributed by atoms with Crippen molar-refractivity contribution < 1.29 is 14.3 Å². The van der Waals surface area contributed by atoms with E-state index < -0.39 is 6.23 Å². The summed E-state index contributed by atoms with van der Waals surface area (Å²) in [6, 6.07) is 17.1. The molecule has 8 heteroatoms. The van der Waals surface area contributed by atoms with Crippen molar-refractivity contribution in [1.82, 2.24) is 14.3 Å². The molecule has 1 N–H and O–H groups in total. The van der Waals surface area contributed by atoms with Crippen LogP contribution in [-0.4, -0.2) is 27.4 Å². The van der Waals surface area contributed by atoms with Gasteiger partial charge in [-0.15, -0.1) is 0 Å². The van der Waals surface area contributed by atoms with Crippen LogP contribution < -0.4 is 15.6 Å². The van der Waals surface area contributed by atoms with Gasteiger partial charge in [0.05, 0.1) is 0 Å².